The molecule has 3 aliphatic rings. The lowest BCUT2D eigenvalue weighted by molar-refractivity contribution is -0.160. The van der Waals surface area contributed by atoms with Crippen LogP contribution in [0.4, 0.5) is 0 Å². The second kappa shape index (κ2) is 5.47. The average Bonchev–Trinajstić information content (AvgIpc) is 2.53. The van der Waals surface area contributed by atoms with Crippen molar-refractivity contribution in [3.63, 3.8) is 0 Å². The molecule has 3 rings (SSSR count). The number of esters is 1. The maximum atomic E-state index is 12.4. The van der Waals surface area contributed by atoms with Crippen molar-refractivity contribution >= 4 is 5.97 Å². The molecule has 128 valence electrons. The summed E-state index contributed by atoms with van der Waals surface area (Å²) in [5.74, 6) is 0.782. The van der Waals surface area contributed by atoms with Gasteiger partial charge in [0.25, 0.3) is 0 Å². The molecule has 0 bridgehead atoms. The van der Waals surface area contributed by atoms with Gasteiger partial charge in [0.05, 0.1) is 12.5 Å². The highest BCUT2D eigenvalue weighted by Crippen LogP contribution is 2.58. The number of carbonyl (C=O) groups excluding carboxylic acids is 1. The smallest absolute Gasteiger partial charge is 0.311 e. The van der Waals surface area contributed by atoms with E-state index in [1.165, 1.54) is 12.7 Å². The number of carbonyl (C=O) groups is 1. The van der Waals surface area contributed by atoms with Crippen LogP contribution in [0.15, 0.2) is 24.3 Å². The zero-order valence-corrected chi connectivity index (χ0v) is 14.9. The van der Waals surface area contributed by atoms with E-state index in [4.69, 9.17) is 10.5 Å². The van der Waals surface area contributed by atoms with Crippen LogP contribution in [0.3, 0.4) is 0 Å². The van der Waals surface area contributed by atoms with Gasteiger partial charge in [-0.2, -0.15) is 0 Å². The lowest BCUT2D eigenvalue weighted by Gasteiger charge is -2.56. The van der Waals surface area contributed by atoms with Crippen molar-refractivity contribution in [1.29, 1.82) is 0 Å². The first-order valence-corrected chi connectivity index (χ1v) is 8.99. The van der Waals surface area contributed by atoms with Gasteiger partial charge in [-0.1, -0.05) is 31.1 Å². The Bertz CT molecular complexity index is 554. The lowest BCUT2D eigenvalue weighted by Crippen LogP contribution is -2.57. The van der Waals surface area contributed by atoms with Crippen molar-refractivity contribution in [2.75, 3.05) is 7.11 Å². The molecule has 3 unspecified atom stereocenters. The van der Waals surface area contributed by atoms with Gasteiger partial charge in [0.2, 0.25) is 0 Å². The van der Waals surface area contributed by atoms with E-state index in [0.717, 1.165) is 44.9 Å². The molecular formula is C20H31NO2. The standard InChI is InChI=1S/C20H31NO2/c1-5-18(2)11-8-16-14-7-6-10-19(3,17(22)23-4)15(14)9-12-20(16,21)13-18/h5,8,14-15H,1,6-7,9-13,21H2,2-4H3/t14?,15?,18-,19+,20?/m0/s1. The van der Waals surface area contributed by atoms with Gasteiger partial charge in [0, 0.05) is 5.54 Å². The molecule has 2 N–H and O–H groups in total. The van der Waals surface area contributed by atoms with Crippen LogP contribution in [-0.4, -0.2) is 18.6 Å². The van der Waals surface area contributed by atoms with Crippen molar-refractivity contribution in [3.8, 4) is 0 Å². The Hall–Kier alpha value is -1.09. The first-order valence-electron chi connectivity index (χ1n) is 8.99. The third-order valence-corrected chi connectivity index (χ3v) is 7.04. The molecule has 0 spiro atoms. The van der Waals surface area contributed by atoms with Gasteiger partial charge >= 0.3 is 5.97 Å². The van der Waals surface area contributed by atoms with Crippen LogP contribution in [0.5, 0.6) is 0 Å². The molecule has 2 fully saturated rings. The third kappa shape index (κ3) is 2.48. The Labute approximate surface area is 140 Å². The van der Waals surface area contributed by atoms with Crippen LogP contribution in [0, 0.1) is 22.7 Å². The van der Waals surface area contributed by atoms with Gasteiger partial charge in [-0.3, -0.25) is 4.79 Å². The third-order valence-electron chi connectivity index (χ3n) is 7.04. The van der Waals surface area contributed by atoms with E-state index in [1.807, 2.05) is 0 Å². The first kappa shape index (κ1) is 16.8. The van der Waals surface area contributed by atoms with Gasteiger partial charge < -0.3 is 10.5 Å². The summed E-state index contributed by atoms with van der Waals surface area (Å²) in [5, 5.41) is 0. The lowest BCUT2D eigenvalue weighted by atomic mass is 9.50. The monoisotopic (exact) mass is 317 g/mol. The molecule has 23 heavy (non-hydrogen) atoms. The van der Waals surface area contributed by atoms with E-state index >= 15 is 0 Å². The Morgan fingerprint density at radius 1 is 1.39 bits per heavy atom. The predicted molar refractivity (Wildman–Crippen MR) is 92.7 cm³/mol. The highest BCUT2D eigenvalue weighted by atomic mass is 16.5. The number of fused-ring (bicyclic) bond motifs is 3. The zero-order chi connectivity index (χ0) is 16.9. The molecule has 0 aromatic carbocycles. The van der Waals surface area contributed by atoms with E-state index in [0.29, 0.717) is 11.8 Å². The average molecular weight is 317 g/mol. The summed E-state index contributed by atoms with van der Waals surface area (Å²) in [7, 11) is 1.52. The maximum absolute atomic E-state index is 12.4. The molecule has 0 saturated heterocycles. The molecule has 0 heterocycles. The van der Waals surface area contributed by atoms with E-state index in [1.54, 1.807) is 0 Å². The van der Waals surface area contributed by atoms with Crippen molar-refractivity contribution < 1.29 is 9.53 Å². The summed E-state index contributed by atoms with van der Waals surface area (Å²) in [5.41, 5.74) is 7.85. The summed E-state index contributed by atoms with van der Waals surface area (Å²) in [4.78, 5) is 12.4. The highest BCUT2D eigenvalue weighted by Gasteiger charge is 2.55. The van der Waals surface area contributed by atoms with Crippen LogP contribution in [0.25, 0.3) is 0 Å². The van der Waals surface area contributed by atoms with Gasteiger partial charge in [-0.15, -0.1) is 6.58 Å². The van der Waals surface area contributed by atoms with Crippen molar-refractivity contribution in [2.45, 2.75) is 64.3 Å². The predicted octanol–water partition coefficient (Wildman–Crippen LogP) is 3.99. The molecule has 0 aromatic heterocycles. The summed E-state index contributed by atoms with van der Waals surface area (Å²) in [6.45, 7) is 8.38. The minimum absolute atomic E-state index is 0.0379. The number of allylic oxidation sites excluding steroid dienone is 2. The zero-order valence-electron chi connectivity index (χ0n) is 14.9. The fraction of sp³-hybridized carbons (Fsp3) is 0.750. The largest absolute Gasteiger partial charge is 0.469 e. The van der Waals surface area contributed by atoms with E-state index < -0.39 is 0 Å². The molecule has 2 saturated carbocycles. The van der Waals surface area contributed by atoms with Crippen LogP contribution < -0.4 is 5.73 Å². The minimum atomic E-state index is -0.348. The highest BCUT2D eigenvalue weighted by molar-refractivity contribution is 5.77. The van der Waals surface area contributed by atoms with Crippen LogP contribution in [0.1, 0.15) is 58.8 Å². The Morgan fingerprint density at radius 3 is 2.78 bits per heavy atom. The first-order chi connectivity index (χ1) is 10.8. The van der Waals surface area contributed by atoms with E-state index in [9.17, 15) is 4.79 Å². The van der Waals surface area contributed by atoms with E-state index in [-0.39, 0.29) is 22.3 Å². The maximum Gasteiger partial charge on any atom is 0.311 e. The SMILES string of the molecule is C=C[C@@]1(C)CC=C2C3CCC[C@@](C)(C(=O)OC)C3CCC2(N)C1. The topological polar surface area (TPSA) is 52.3 Å². The number of hydrogen-bond donors (Lipinski definition) is 1. The molecule has 3 aliphatic carbocycles. The van der Waals surface area contributed by atoms with Crippen LogP contribution in [0.2, 0.25) is 0 Å². The molecule has 0 amide bonds. The molecule has 3 heteroatoms. The number of rotatable bonds is 2. The summed E-state index contributed by atoms with van der Waals surface area (Å²) in [6, 6.07) is 0. The fourth-order valence-corrected chi connectivity index (χ4v) is 5.66. The van der Waals surface area contributed by atoms with Gasteiger partial charge in [0.1, 0.15) is 0 Å². The van der Waals surface area contributed by atoms with Gasteiger partial charge in [0.15, 0.2) is 0 Å². The number of methoxy groups -OCH3 is 1. The Balaban J connectivity index is 1.96. The van der Waals surface area contributed by atoms with Crippen molar-refractivity contribution in [3.05, 3.63) is 24.3 Å². The molecular weight excluding hydrogens is 286 g/mol. The molecule has 5 atom stereocenters. The second-order valence-electron chi connectivity index (χ2n) is 8.61. The number of hydrogen-bond acceptors (Lipinski definition) is 3. The molecule has 3 nitrogen and oxygen atoms in total. The number of nitrogens with two attached hydrogens (primary N) is 1. The Kier molecular flexibility index (Phi) is 3.99. The number of ether oxygens (including phenoxy) is 1. The minimum Gasteiger partial charge on any atom is -0.469 e. The van der Waals surface area contributed by atoms with Crippen LogP contribution in [-0.2, 0) is 9.53 Å². The molecule has 0 radical (unpaired) electrons. The molecule has 0 aliphatic heterocycles. The summed E-state index contributed by atoms with van der Waals surface area (Å²) < 4.78 is 5.15. The quantitative estimate of drug-likeness (QED) is 0.619. The molecule has 0 aromatic rings. The fourth-order valence-electron chi connectivity index (χ4n) is 5.66. The van der Waals surface area contributed by atoms with Crippen LogP contribution >= 0.6 is 0 Å². The summed E-state index contributed by atoms with van der Waals surface area (Å²) >= 11 is 0. The normalized spacial score (nSPS) is 46.2. The van der Waals surface area contributed by atoms with Crippen molar-refractivity contribution in [1.82, 2.24) is 0 Å². The van der Waals surface area contributed by atoms with E-state index in [2.05, 4.69) is 32.6 Å². The van der Waals surface area contributed by atoms with Gasteiger partial charge in [-0.25, -0.2) is 0 Å². The summed E-state index contributed by atoms with van der Waals surface area (Å²) in [6.07, 6.45) is 11.6. The Morgan fingerprint density at radius 2 is 2.13 bits per heavy atom. The van der Waals surface area contributed by atoms with Gasteiger partial charge in [-0.05, 0) is 62.7 Å². The van der Waals surface area contributed by atoms with Crippen molar-refractivity contribution in [2.24, 2.45) is 28.4 Å². The second-order valence-corrected chi connectivity index (χ2v) is 8.61.